The van der Waals surface area contributed by atoms with Crippen molar-refractivity contribution >= 4 is 11.9 Å². The van der Waals surface area contributed by atoms with Crippen molar-refractivity contribution in [3.8, 4) is 0 Å². The first kappa shape index (κ1) is 23.0. The zero-order valence-electron chi connectivity index (χ0n) is 13.6. The Balaban J connectivity index is 0. The van der Waals surface area contributed by atoms with Crippen LogP contribution in [0.1, 0.15) is 85.5 Å². The zero-order chi connectivity index (χ0) is 15.8. The fraction of sp³-hybridized carbons (Fsp3) is 0.778. The van der Waals surface area contributed by atoms with Gasteiger partial charge in [-0.25, -0.2) is 0 Å². The van der Waals surface area contributed by atoms with Crippen molar-refractivity contribution in [1.82, 2.24) is 0 Å². The Morgan fingerprint density at radius 2 is 1.50 bits per heavy atom. The Hall–Kier alpha value is -1.32. The molecule has 130 valence electrons. The summed E-state index contributed by atoms with van der Waals surface area (Å²) in [5.74, 6) is -0.711. The van der Waals surface area contributed by atoms with Crippen molar-refractivity contribution < 1.29 is 19.1 Å². The van der Waals surface area contributed by atoms with Crippen LogP contribution >= 0.6 is 0 Å². The van der Waals surface area contributed by atoms with Crippen LogP contribution in [0.4, 0.5) is 0 Å². The molecule has 0 aliphatic heterocycles. The number of hydrogen-bond acceptors (Lipinski definition) is 4. The van der Waals surface area contributed by atoms with E-state index in [4.69, 9.17) is 9.47 Å². The molecule has 0 unspecified atom stereocenters. The van der Waals surface area contributed by atoms with Gasteiger partial charge in [0.05, 0.1) is 25.7 Å². The number of esters is 2. The molecule has 0 spiro atoms. The van der Waals surface area contributed by atoms with Gasteiger partial charge in [-0.05, 0) is 25.3 Å². The number of rotatable bonds is 13. The lowest BCUT2D eigenvalue weighted by atomic mass is 10.1. The summed E-state index contributed by atoms with van der Waals surface area (Å²) in [6.07, 6.45) is 12.2. The molecule has 0 heterocycles. The standard InChI is InChI=1S/C17H30O4.CH4/c1-3-5-7-8-9-11-15-21-17(19)13-12-16(18)20-14-10-6-4-2;/h11,15H,3-10,12-14H2,1-2H3;1H4. The molecule has 0 aliphatic carbocycles. The van der Waals surface area contributed by atoms with Crippen LogP contribution in [0.25, 0.3) is 0 Å². The monoisotopic (exact) mass is 314 g/mol. The van der Waals surface area contributed by atoms with Gasteiger partial charge >= 0.3 is 11.9 Å². The molecule has 0 aromatic rings. The van der Waals surface area contributed by atoms with Crippen LogP contribution < -0.4 is 0 Å². The van der Waals surface area contributed by atoms with Crippen molar-refractivity contribution in [3.63, 3.8) is 0 Å². The highest BCUT2D eigenvalue weighted by molar-refractivity contribution is 5.77. The van der Waals surface area contributed by atoms with E-state index in [1.807, 2.05) is 6.08 Å². The van der Waals surface area contributed by atoms with Crippen LogP contribution in [0.2, 0.25) is 0 Å². The molecule has 0 fully saturated rings. The highest BCUT2D eigenvalue weighted by Gasteiger charge is 2.07. The third kappa shape index (κ3) is 16.7. The van der Waals surface area contributed by atoms with E-state index in [2.05, 4.69) is 13.8 Å². The molecule has 0 amide bonds. The summed E-state index contributed by atoms with van der Waals surface area (Å²) in [6.45, 7) is 4.71. The van der Waals surface area contributed by atoms with Gasteiger partial charge in [0.2, 0.25) is 0 Å². The van der Waals surface area contributed by atoms with Crippen molar-refractivity contribution in [2.45, 2.75) is 85.5 Å². The summed E-state index contributed by atoms with van der Waals surface area (Å²) in [7, 11) is 0. The average Bonchev–Trinajstić information content (AvgIpc) is 2.48. The molecule has 0 aromatic heterocycles. The number of allylic oxidation sites excluding steroid dienone is 1. The second-order valence-electron chi connectivity index (χ2n) is 5.14. The quantitative estimate of drug-likeness (QED) is 0.267. The Morgan fingerprint density at radius 1 is 0.864 bits per heavy atom. The average molecular weight is 314 g/mol. The Morgan fingerprint density at radius 3 is 2.18 bits per heavy atom. The van der Waals surface area contributed by atoms with E-state index in [0.29, 0.717) is 6.61 Å². The molecule has 0 atom stereocenters. The molecule has 0 rings (SSSR count). The van der Waals surface area contributed by atoms with Gasteiger partial charge in [0.1, 0.15) is 0 Å². The predicted molar refractivity (Wildman–Crippen MR) is 90.4 cm³/mol. The van der Waals surface area contributed by atoms with E-state index in [1.54, 1.807) is 0 Å². The molecule has 0 aromatic carbocycles. The summed E-state index contributed by atoms with van der Waals surface area (Å²) in [5.41, 5.74) is 0. The molecular formula is C18H34O4. The fourth-order valence-electron chi connectivity index (χ4n) is 1.75. The van der Waals surface area contributed by atoms with Gasteiger partial charge in [-0.1, -0.05) is 53.4 Å². The van der Waals surface area contributed by atoms with E-state index < -0.39 is 0 Å². The largest absolute Gasteiger partial charge is 0.466 e. The summed E-state index contributed by atoms with van der Waals surface area (Å²) in [4.78, 5) is 22.7. The second kappa shape index (κ2) is 17.7. The maximum atomic E-state index is 11.4. The minimum atomic E-state index is -0.384. The molecule has 0 bridgehead atoms. The summed E-state index contributed by atoms with van der Waals surface area (Å²) < 4.78 is 9.93. The second-order valence-corrected chi connectivity index (χ2v) is 5.14. The zero-order valence-corrected chi connectivity index (χ0v) is 13.6. The normalized spacial score (nSPS) is 10.3. The lowest BCUT2D eigenvalue weighted by Crippen LogP contribution is -2.09. The Bertz CT molecular complexity index is 297. The molecule has 4 nitrogen and oxygen atoms in total. The summed E-state index contributed by atoms with van der Waals surface area (Å²) >= 11 is 0. The number of ether oxygens (including phenoxy) is 2. The number of carbonyl (C=O) groups excluding carboxylic acids is 2. The maximum absolute atomic E-state index is 11.4. The van der Waals surface area contributed by atoms with Crippen LogP contribution in [-0.2, 0) is 19.1 Å². The van der Waals surface area contributed by atoms with E-state index >= 15 is 0 Å². The van der Waals surface area contributed by atoms with Gasteiger partial charge in [-0.15, -0.1) is 0 Å². The van der Waals surface area contributed by atoms with Gasteiger partial charge in [-0.3, -0.25) is 9.59 Å². The highest BCUT2D eigenvalue weighted by atomic mass is 16.5. The maximum Gasteiger partial charge on any atom is 0.311 e. The SMILES string of the molecule is C.CCCCCCC=COC(=O)CCC(=O)OCCCCC. The third-order valence-corrected chi connectivity index (χ3v) is 3.06. The van der Waals surface area contributed by atoms with Crippen molar-refractivity contribution in [2.75, 3.05) is 6.61 Å². The molecule has 0 saturated carbocycles. The van der Waals surface area contributed by atoms with Gasteiger partial charge in [0, 0.05) is 0 Å². The van der Waals surface area contributed by atoms with E-state index in [0.717, 1.165) is 32.1 Å². The number of unbranched alkanes of at least 4 members (excludes halogenated alkanes) is 6. The topological polar surface area (TPSA) is 52.6 Å². The van der Waals surface area contributed by atoms with Crippen molar-refractivity contribution in [1.29, 1.82) is 0 Å². The first-order valence-electron chi connectivity index (χ1n) is 8.20. The lowest BCUT2D eigenvalue weighted by Gasteiger charge is -2.03. The highest BCUT2D eigenvalue weighted by Crippen LogP contribution is 2.03. The molecule has 0 aliphatic rings. The van der Waals surface area contributed by atoms with Gasteiger partial charge in [0.15, 0.2) is 0 Å². The molecule has 0 saturated heterocycles. The van der Waals surface area contributed by atoms with E-state index in [-0.39, 0.29) is 32.2 Å². The number of carbonyl (C=O) groups is 2. The third-order valence-electron chi connectivity index (χ3n) is 3.06. The van der Waals surface area contributed by atoms with Crippen LogP contribution in [0, 0.1) is 0 Å². The molecule has 0 N–H and O–H groups in total. The van der Waals surface area contributed by atoms with Crippen LogP contribution in [-0.4, -0.2) is 18.5 Å². The van der Waals surface area contributed by atoms with Crippen molar-refractivity contribution in [2.24, 2.45) is 0 Å². The fourth-order valence-corrected chi connectivity index (χ4v) is 1.75. The summed E-state index contributed by atoms with van der Waals surface area (Å²) in [6, 6.07) is 0. The minimum absolute atomic E-state index is 0. The van der Waals surface area contributed by atoms with E-state index in [9.17, 15) is 9.59 Å². The first-order chi connectivity index (χ1) is 10.2. The van der Waals surface area contributed by atoms with E-state index in [1.165, 1.54) is 25.5 Å². The smallest absolute Gasteiger partial charge is 0.311 e. The molecule has 22 heavy (non-hydrogen) atoms. The minimum Gasteiger partial charge on any atom is -0.466 e. The van der Waals surface area contributed by atoms with Gasteiger partial charge < -0.3 is 9.47 Å². The van der Waals surface area contributed by atoms with Crippen molar-refractivity contribution in [3.05, 3.63) is 12.3 Å². The van der Waals surface area contributed by atoms with Gasteiger partial charge in [0.25, 0.3) is 0 Å². The van der Waals surface area contributed by atoms with Gasteiger partial charge in [-0.2, -0.15) is 0 Å². The molecule has 4 heteroatoms. The number of hydrogen-bond donors (Lipinski definition) is 0. The molecular weight excluding hydrogens is 280 g/mol. The predicted octanol–water partition coefficient (Wildman–Crippen LogP) is 5.16. The summed E-state index contributed by atoms with van der Waals surface area (Å²) in [5, 5.41) is 0. The lowest BCUT2D eigenvalue weighted by molar-refractivity contribution is -0.148. The van der Waals surface area contributed by atoms with Crippen LogP contribution in [0.3, 0.4) is 0 Å². The first-order valence-corrected chi connectivity index (χ1v) is 8.20. The Kier molecular flexibility index (Phi) is 18.5. The van der Waals surface area contributed by atoms with Crippen LogP contribution in [0.5, 0.6) is 0 Å². The van der Waals surface area contributed by atoms with Crippen LogP contribution in [0.15, 0.2) is 12.3 Å². The molecule has 0 radical (unpaired) electrons. The Labute approximate surface area is 136 Å².